The molecule has 5 rings (SSSR count). The number of aromatic nitrogens is 2. The van der Waals surface area contributed by atoms with Crippen LogP contribution in [0.2, 0.25) is 0 Å². The molecule has 0 unspecified atom stereocenters. The Kier molecular flexibility index (Phi) is 6.02. The number of thiazole rings is 1. The van der Waals surface area contributed by atoms with Gasteiger partial charge in [0.1, 0.15) is 5.76 Å². The minimum atomic E-state index is 0.256. The van der Waals surface area contributed by atoms with E-state index in [0.29, 0.717) is 12.5 Å². The maximum Gasteiger partial charge on any atom is 0.236 e. The van der Waals surface area contributed by atoms with Crippen molar-refractivity contribution in [1.82, 2.24) is 24.8 Å². The molecule has 2 saturated heterocycles. The summed E-state index contributed by atoms with van der Waals surface area (Å²) < 4.78 is 6.40. The second-order valence-electron chi connectivity index (χ2n) is 8.68. The van der Waals surface area contributed by atoms with E-state index in [-0.39, 0.29) is 5.91 Å². The summed E-state index contributed by atoms with van der Waals surface area (Å²) in [6.07, 6.45) is 2.17. The van der Waals surface area contributed by atoms with Gasteiger partial charge in [-0.3, -0.25) is 14.6 Å². The Hall–Kier alpha value is -2.29. The molecule has 1 amide bonds. The second kappa shape index (κ2) is 9.06. The first kappa shape index (κ1) is 20.6. The highest BCUT2D eigenvalue weighted by Gasteiger charge is 2.28. The van der Waals surface area contributed by atoms with Crippen molar-refractivity contribution in [3.63, 3.8) is 0 Å². The standard InChI is InChI=1S/C23H29N5O2S/c1-17-13-19(25-30-17)15-26-9-11-27(12-10-26)16-22(29)28-8-4-5-18(14-28)23-24-20-6-2-3-7-21(20)31-23/h2-3,6-7,13,18H,4-5,8-12,14-16H2,1H3/t18-/m0/s1. The van der Waals surface area contributed by atoms with E-state index < -0.39 is 0 Å². The van der Waals surface area contributed by atoms with Crippen molar-refractivity contribution < 1.29 is 9.32 Å². The predicted molar refractivity (Wildman–Crippen MR) is 121 cm³/mol. The molecule has 2 aliphatic heterocycles. The Bertz CT molecular complexity index is 1010. The number of aryl methyl sites for hydroxylation is 1. The molecule has 7 nitrogen and oxygen atoms in total. The minimum Gasteiger partial charge on any atom is -0.361 e. The lowest BCUT2D eigenvalue weighted by Crippen LogP contribution is -2.50. The zero-order valence-electron chi connectivity index (χ0n) is 18.0. The van der Waals surface area contributed by atoms with Crippen molar-refractivity contribution in [2.45, 2.75) is 32.2 Å². The highest BCUT2D eigenvalue weighted by Crippen LogP contribution is 2.33. The fourth-order valence-electron chi connectivity index (χ4n) is 4.59. The number of amides is 1. The van der Waals surface area contributed by atoms with Crippen LogP contribution in [0, 0.1) is 6.92 Å². The summed E-state index contributed by atoms with van der Waals surface area (Å²) in [7, 11) is 0. The van der Waals surface area contributed by atoms with Gasteiger partial charge in [-0.1, -0.05) is 17.3 Å². The second-order valence-corrected chi connectivity index (χ2v) is 9.74. The molecule has 0 spiro atoms. The van der Waals surface area contributed by atoms with Gasteiger partial charge in [0.2, 0.25) is 5.91 Å². The molecule has 164 valence electrons. The van der Waals surface area contributed by atoms with Gasteiger partial charge in [0.25, 0.3) is 0 Å². The van der Waals surface area contributed by atoms with E-state index in [2.05, 4.69) is 38.1 Å². The van der Waals surface area contributed by atoms with Crippen LogP contribution in [0.25, 0.3) is 10.2 Å². The van der Waals surface area contributed by atoms with E-state index in [1.807, 2.05) is 19.1 Å². The zero-order chi connectivity index (χ0) is 21.2. The van der Waals surface area contributed by atoms with Crippen molar-refractivity contribution >= 4 is 27.5 Å². The maximum absolute atomic E-state index is 13.0. The van der Waals surface area contributed by atoms with Gasteiger partial charge >= 0.3 is 0 Å². The normalized spacial score (nSPS) is 21.1. The topological polar surface area (TPSA) is 65.7 Å². The first-order valence-electron chi connectivity index (χ1n) is 11.1. The van der Waals surface area contributed by atoms with Gasteiger partial charge in [-0.15, -0.1) is 11.3 Å². The molecule has 31 heavy (non-hydrogen) atoms. The smallest absolute Gasteiger partial charge is 0.236 e. The van der Waals surface area contributed by atoms with Crippen LogP contribution in [0.15, 0.2) is 34.9 Å². The SMILES string of the molecule is Cc1cc(CN2CCN(CC(=O)N3CCC[C@H](c4nc5ccccc5s4)C3)CC2)no1. The van der Waals surface area contributed by atoms with Crippen molar-refractivity contribution in [1.29, 1.82) is 0 Å². The van der Waals surface area contributed by atoms with E-state index in [0.717, 1.165) is 75.6 Å². The van der Waals surface area contributed by atoms with Gasteiger partial charge in [-0.25, -0.2) is 4.98 Å². The molecule has 2 fully saturated rings. The molecule has 8 heteroatoms. The molecule has 0 radical (unpaired) electrons. The molecular weight excluding hydrogens is 410 g/mol. The van der Waals surface area contributed by atoms with E-state index in [4.69, 9.17) is 9.51 Å². The third-order valence-electron chi connectivity index (χ3n) is 6.32. The van der Waals surface area contributed by atoms with Crippen molar-refractivity contribution in [2.24, 2.45) is 0 Å². The Balaban J connectivity index is 1.13. The van der Waals surface area contributed by atoms with Crippen LogP contribution in [0.4, 0.5) is 0 Å². The molecule has 2 aliphatic rings. The summed E-state index contributed by atoms with van der Waals surface area (Å²) in [6.45, 7) is 8.65. The molecule has 3 aromatic rings. The summed E-state index contributed by atoms with van der Waals surface area (Å²) in [5, 5.41) is 5.27. The Morgan fingerprint density at radius 3 is 2.74 bits per heavy atom. The summed E-state index contributed by atoms with van der Waals surface area (Å²) in [5.74, 6) is 1.47. The van der Waals surface area contributed by atoms with Gasteiger partial charge < -0.3 is 9.42 Å². The number of piperidine rings is 1. The van der Waals surface area contributed by atoms with E-state index in [1.165, 1.54) is 9.71 Å². The number of hydrogen-bond acceptors (Lipinski definition) is 7. The van der Waals surface area contributed by atoms with Gasteiger partial charge in [0.05, 0.1) is 27.5 Å². The average molecular weight is 440 g/mol. The predicted octanol–water partition coefficient (Wildman–Crippen LogP) is 3.12. The Labute approximate surface area is 186 Å². The molecule has 2 aromatic heterocycles. The summed E-state index contributed by atoms with van der Waals surface area (Å²) in [4.78, 5) is 24.6. The molecule has 0 saturated carbocycles. The number of piperazine rings is 1. The van der Waals surface area contributed by atoms with Crippen LogP contribution in [-0.2, 0) is 11.3 Å². The number of likely N-dealkylation sites (tertiary alicyclic amines) is 1. The van der Waals surface area contributed by atoms with E-state index >= 15 is 0 Å². The van der Waals surface area contributed by atoms with Gasteiger partial charge in [0, 0.05) is 57.8 Å². The molecular formula is C23H29N5O2S. The number of carbonyl (C=O) groups is 1. The van der Waals surface area contributed by atoms with E-state index in [9.17, 15) is 4.79 Å². The number of hydrogen-bond donors (Lipinski definition) is 0. The first-order chi connectivity index (χ1) is 15.1. The van der Waals surface area contributed by atoms with Crippen molar-refractivity contribution in [3.05, 3.63) is 46.8 Å². The van der Waals surface area contributed by atoms with Gasteiger partial charge in [0.15, 0.2) is 0 Å². The fourth-order valence-corrected chi connectivity index (χ4v) is 5.68. The molecule has 1 aromatic carbocycles. The first-order valence-corrected chi connectivity index (χ1v) is 12.0. The lowest BCUT2D eigenvalue weighted by atomic mass is 9.98. The minimum absolute atomic E-state index is 0.256. The summed E-state index contributed by atoms with van der Waals surface area (Å²) in [5.41, 5.74) is 2.06. The highest BCUT2D eigenvalue weighted by molar-refractivity contribution is 7.18. The number of carbonyl (C=O) groups excluding carboxylic acids is 1. The molecule has 0 N–H and O–H groups in total. The summed E-state index contributed by atoms with van der Waals surface area (Å²) in [6, 6.07) is 10.3. The third-order valence-corrected chi connectivity index (χ3v) is 7.52. The number of para-hydroxylation sites is 1. The van der Waals surface area contributed by atoms with E-state index in [1.54, 1.807) is 11.3 Å². The van der Waals surface area contributed by atoms with Crippen LogP contribution in [0.3, 0.4) is 0 Å². The monoisotopic (exact) mass is 439 g/mol. The zero-order valence-corrected chi connectivity index (χ0v) is 18.8. The molecule has 1 atom stereocenters. The fraction of sp³-hybridized carbons (Fsp3) is 0.522. The average Bonchev–Trinajstić information content (AvgIpc) is 3.41. The van der Waals surface area contributed by atoms with Crippen LogP contribution < -0.4 is 0 Å². The van der Waals surface area contributed by atoms with Crippen LogP contribution in [-0.4, -0.2) is 76.6 Å². The highest BCUT2D eigenvalue weighted by atomic mass is 32.1. The summed E-state index contributed by atoms with van der Waals surface area (Å²) >= 11 is 1.78. The van der Waals surface area contributed by atoms with Crippen LogP contribution in [0.5, 0.6) is 0 Å². The molecule has 4 heterocycles. The third kappa shape index (κ3) is 4.81. The number of benzene rings is 1. The molecule has 0 aliphatic carbocycles. The van der Waals surface area contributed by atoms with Gasteiger partial charge in [-0.2, -0.15) is 0 Å². The number of nitrogens with zero attached hydrogens (tertiary/aromatic N) is 5. The Morgan fingerprint density at radius 1 is 1.16 bits per heavy atom. The number of rotatable bonds is 5. The van der Waals surface area contributed by atoms with Crippen molar-refractivity contribution in [2.75, 3.05) is 45.8 Å². The van der Waals surface area contributed by atoms with Crippen LogP contribution >= 0.6 is 11.3 Å². The van der Waals surface area contributed by atoms with Gasteiger partial charge in [-0.05, 0) is 31.9 Å². The maximum atomic E-state index is 13.0. The Morgan fingerprint density at radius 2 is 1.97 bits per heavy atom. The lowest BCUT2D eigenvalue weighted by molar-refractivity contribution is -0.134. The van der Waals surface area contributed by atoms with Crippen LogP contribution in [0.1, 0.15) is 35.2 Å². The lowest BCUT2D eigenvalue weighted by Gasteiger charge is -2.36. The largest absolute Gasteiger partial charge is 0.361 e. The molecule has 0 bridgehead atoms. The quantitative estimate of drug-likeness (QED) is 0.609. The number of fused-ring (bicyclic) bond motifs is 1. The van der Waals surface area contributed by atoms with Crippen molar-refractivity contribution in [3.8, 4) is 0 Å².